The van der Waals surface area contributed by atoms with Gasteiger partial charge in [0.05, 0.1) is 24.5 Å². The van der Waals surface area contributed by atoms with Crippen molar-refractivity contribution in [1.82, 2.24) is 9.78 Å². The van der Waals surface area contributed by atoms with Crippen LogP contribution >= 0.6 is 0 Å². The average molecular weight is 210 g/mol. The van der Waals surface area contributed by atoms with Crippen LogP contribution in [0.2, 0.25) is 0 Å². The van der Waals surface area contributed by atoms with Gasteiger partial charge in [0.1, 0.15) is 5.82 Å². The Morgan fingerprint density at radius 2 is 2.47 bits per heavy atom. The normalized spacial score (nSPS) is 20.8. The molecule has 0 spiro atoms. The summed E-state index contributed by atoms with van der Waals surface area (Å²) in [6.07, 6.45) is 4.26. The first kappa shape index (κ1) is 10.3. The summed E-state index contributed by atoms with van der Waals surface area (Å²) in [4.78, 5) is 1.98. The summed E-state index contributed by atoms with van der Waals surface area (Å²) in [6.45, 7) is 1.67. The van der Waals surface area contributed by atoms with Crippen LogP contribution in [-0.2, 0) is 11.3 Å². The molecule has 1 fully saturated rings. The number of ether oxygens (including phenoxy) is 1. The summed E-state index contributed by atoms with van der Waals surface area (Å²) in [5, 5.41) is 4.27. The third-order valence-electron chi connectivity index (χ3n) is 2.66. The van der Waals surface area contributed by atoms with Crippen molar-refractivity contribution in [1.29, 1.82) is 0 Å². The van der Waals surface area contributed by atoms with E-state index in [1.165, 1.54) is 0 Å². The largest absolute Gasteiger partial charge is 0.394 e. The molecule has 2 N–H and O–H groups in total. The highest BCUT2D eigenvalue weighted by Crippen LogP contribution is 2.22. The maximum atomic E-state index is 5.85. The average Bonchev–Trinajstić information content (AvgIpc) is 2.76. The minimum absolute atomic E-state index is 0.294. The molecule has 1 aromatic rings. The van der Waals surface area contributed by atoms with E-state index < -0.39 is 0 Å². The summed E-state index contributed by atoms with van der Waals surface area (Å²) < 4.78 is 7.50. The maximum Gasteiger partial charge on any atom is 0.149 e. The molecule has 1 aliphatic heterocycles. The van der Waals surface area contributed by atoms with E-state index in [4.69, 9.17) is 10.5 Å². The van der Waals surface area contributed by atoms with E-state index in [9.17, 15) is 0 Å². The quantitative estimate of drug-likeness (QED) is 0.798. The zero-order valence-corrected chi connectivity index (χ0v) is 9.31. The number of hydrogen-bond acceptors (Lipinski definition) is 4. The molecule has 0 amide bonds. The smallest absolute Gasteiger partial charge is 0.149 e. The Bertz CT molecular complexity index is 328. The third kappa shape index (κ3) is 2.07. The minimum Gasteiger partial charge on any atom is -0.394 e. The molecular formula is C10H18N4O. The standard InChI is InChI=1S/C10H18N4O/c1-13(2)10-9(11)6-12-14(10)7-8-4-3-5-15-8/h6,8H,3-5,7,11H2,1-2H3. The van der Waals surface area contributed by atoms with E-state index in [1.54, 1.807) is 6.20 Å². The lowest BCUT2D eigenvalue weighted by Crippen LogP contribution is -2.21. The molecule has 2 rings (SSSR count). The lowest BCUT2D eigenvalue weighted by atomic mass is 10.2. The van der Waals surface area contributed by atoms with Gasteiger partial charge in [0.2, 0.25) is 0 Å². The third-order valence-corrected chi connectivity index (χ3v) is 2.66. The van der Waals surface area contributed by atoms with Crippen LogP contribution in [0.4, 0.5) is 11.5 Å². The van der Waals surface area contributed by atoms with Gasteiger partial charge in [0.25, 0.3) is 0 Å². The molecule has 1 atom stereocenters. The molecule has 0 aliphatic carbocycles. The molecule has 1 saturated heterocycles. The zero-order chi connectivity index (χ0) is 10.8. The van der Waals surface area contributed by atoms with E-state index in [2.05, 4.69) is 5.10 Å². The number of nitrogens with two attached hydrogens (primary N) is 1. The minimum atomic E-state index is 0.294. The molecule has 84 valence electrons. The first-order valence-electron chi connectivity index (χ1n) is 5.28. The molecule has 5 heteroatoms. The van der Waals surface area contributed by atoms with Crippen LogP contribution in [0.5, 0.6) is 0 Å². The van der Waals surface area contributed by atoms with Crippen LogP contribution in [0.25, 0.3) is 0 Å². The second-order valence-corrected chi connectivity index (χ2v) is 4.14. The van der Waals surface area contributed by atoms with Gasteiger partial charge in [-0.2, -0.15) is 5.10 Å². The summed E-state index contributed by atoms with van der Waals surface area (Å²) in [5.74, 6) is 0.963. The highest BCUT2D eigenvalue weighted by Gasteiger charge is 2.19. The molecule has 0 bridgehead atoms. The monoisotopic (exact) mass is 210 g/mol. The van der Waals surface area contributed by atoms with Gasteiger partial charge < -0.3 is 15.4 Å². The number of anilines is 2. The highest BCUT2D eigenvalue weighted by atomic mass is 16.5. The van der Waals surface area contributed by atoms with Crippen LogP contribution in [0.15, 0.2) is 6.20 Å². The Balaban J connectivity index is 2.13. The summed E-state index contributed by atoms with van der Waals surface area (Å²) in [5.41, 5.74) is 6.57. The highest BCUT2D eigenvalue weighted by molar-refractivity contribution is 5.61. The lowest BCUT2D eigenvalue weighted by Gasteiger charge is -2.17. The van der Waals surface area contributed by atoms with Crippen molar-refractivity contribution >= 4 is 11.5 Å². The number of rotatable bonds is 3. The number of nitrogen functional groups attached to an aromatic ring is 1. The molecule has 5 nitrogen and oxygen atoms in total. The van der Waals surface area contributed by atoms with Gasteiger partial charge in [-0.25, -0.2) is 4.68 Å². The zero-order valence-electron chi connectivity index (χ0n) is 9.31. The molecule has 1 aromatic heterocycles. The number of nitrogens with zero attached hydrogens (tertiary/aromatic N) is 3. The van der Waals surface area contributed by atoms with Gasteiger partial charge in [0.15, 0.2) is 0 Å². The summed E-state index contributed by atoms with van der Waals surface area (Å²) in [6, 6.07) is 0. The first-order valence-corrected chi connectivity index (χ1v) is 5.28. The fraction of sp³-hybridized carbons (Fsp3) is 0.700. The predicted octanol–water partition coefficient (Wildman–Crippen LogP) is 0.710. The van der Waals surface area contributed by atoms with Crippen molar-refractivity contribution in [3.05, 3.63) is 6.20 Å². The number of aromatic nitrogens is 2. The van der Waals surface area contributed by atoms with Crippen molar-refractivity contribution < 1.29 is 4.74 Å². The lowest BCUT2D eigenvalue weighted by molar-refractivity contribution is 0.0944. The second kappa shape index (κ2) is 4.10. The molecule has 0 radical (unpaired) electrons. The molecule has 1 aliphatic rings. The van der Waals surface area contributed by atoms with Gasteiger partial charge in [-0.05, 0) is 12.8 Å². The topological polar surface area (TPSA) is 56.3 Å². The van der Waals surface area contributed by atoms with Crippen LogP contribution in [0, 0.1) is 0 Å². The summed E-state index contributed by atoms with van der Waals surface area (Å²) in [7, 11) is 3.94. The molecular weight excluding hydrogens is 192 g/mol. The van der Waals surface area contributed by atoms with E-state index >= 15 is 0 Å². The van der Waals surface area contributed by atoms with Crippen molar-refractivity contribution in [2.45, 2.75) is 25.5 Å². The van der Waals surface area contributed by atoms with Crippen molar-refractivity contribution in [3.8, 4) is 0 Å². The SMILES string of the molecule is CN(C)c1c(N)cnn1CC1CCCO1. The Kier molecular flexibility index (Phi) is 2.81. The maximum absolute atomic E-state index is 5.85. The van der Waals surface area contributed by atoms with E-state index in [0.29, 0.717) is 6.10 Å². The molecule has 0 aromatic carbocycles. The van der Waals surface area contributed by atoms with Gasteiger partial charge in [-0.15, -0.1) is 0 Å². The Labute approximate surface area is 89.8 Å². The van der Waals surface area contributed by atoms with E-state index in [0.717, 1.165) is 37.5 Å². The van der Waals surface area contributed by atoms with Crippen LogP contribution in [0.3, 0.4) is 0 Å². The molecule has 1 unspecified atom stereocenters. The predicted molar refractivity (Wildman–Crippen MR) is 59.9 cm³/mol. The van der Waals surface area contributed by atoms with Gasteiger partial charge in [-0.1, -0.05) is 0 Å². The van der Waals surface area contributed by atoms with Gasteiger partial charge in [0, 0.05) is 20.7 Å². The Morgan fingerprint density at radius 1 is 1.67 bits per heavy atom. The first-order chi connectivity index (χ1) is 7.18. The van der Waals surface area contributed by atoms with Crippen molar-refractivity contribution in [3.63, 3.8) is 0 Å². The Hall–Kier alpha value is -1.23. The van der Waals surface area contributed by atoms with Crippen LogP contribution < -0.4 is 10.6 Å². The molecule has 0 saturated carbocycles. The van der Waals surface area contributed by atoms with E-state index in [1.807, 2.05) is 23.7 Å². The molecule has 2 heterocycles. The van der Waals surface area contributed by atoms with E-state index in [-0.39, 0.29) is 0 Å². The fourth-order valence-corrected chi connectivity index (χ4v) is 2.00. The Morgan fingerprint density at radius 3 is 3.07 bits per heavy atom. The number of hydrogen-bond donors (Lipinski definition) is 1. The van der Waals surface area contributed by atoms with Gasteiger partial charge >= 0.3 is 0 Å². The fourth-order valence-electron chi connectivity index (χ4n) is 2.00. The van der Waals surface area contributed by atoms with Crippen molar-refractivity contribution in [2.75, 3.05) is 31.3 Å². The van der Waals surface area contributed by atoms with Crippen molar-refractivity contribution in [2.24, 2.45) is 0 Å². The van der Waals surface area contributed by atoms with Gasteiger partial charge in [-0.3, -0.25) is 0 Å². The second-order valence-electron chi connectivity index (χ2n) is 4.14. The molecule has 15 heavy (non-hydrogen) atoms. The van der Waals surface area contributed by atoms with Crippen LogP contribution in [0.1, 0.15) is 12.8 Å². The van der Waals surface area contributed by atoms with Crippen LogP contribution in [-0.4, -0.2) is 36.6 Å². The summed E-state index contributed by atoms with van der Waals surface area (Å²) >= 11 is 0.